The van der Waals surface area contributed by atoms with Crippen LogP contribution in [0.1, 0.15) is 6.42 Å². The van der Waals surface area contributed by atoms with E-state index >= 15 is 0 Å². The van der Waals surface area contributed by atoms with Crippen LogP contribution in [0.2, 0.25) is 0 Å². The maximum atomic E-state index is 11.5. The fraction of sp³-hybridized carbons (Fsp3) is 0.357. The Labute approximate surface area is 125 Å². The molecule has 2 aliphatic rings. The van der Waals surface area contributed by atoms with Crippen molar-refractivity contribution in [2.24, 2.45) is 0 Å². The molecule has 0 radical (unpaired) electrons. The van der Waals surface area contributed by atoms with E-state index in [1.165, 1.54) is 12.2 Å². The van der Waals surface area contributed by atoms with E-state index in [2.05, 4.69) is 0 Å². The Morgan fingerprint density at radius 2 is 1.55 bits per heavy atom. The zero-order valence-corrected chi connectivity index (χ0v) is 11.5. The number of imide groups is 1. The number of carbonyl (C=O) groups is 5. The SMILES string of the molecule is O=C(CCOCCN1C(=O)C=CC1=O)OC1C(=O)C=CC1=O. The van der Waals surface area contributed by atoms with Crippen LogP contribution in [0, 0.1) is 0 Å². The monoisotopic (exact) mass is 307 g/mol. The smallest absolute Gasteiger partial charge is 0.309 e. The van der Waals surface area contributed by atoms with Gasteiger partial charge in [0.15, 0.2) is 0 Å². The highest BCUT2D eigenvalue weighted by Crippen LogP contribution is 2.08. The van der Waals surface area contributed by atoms with E-state index < -0.39 is 35.5 Å². The molecule has 8 nitrogen and oxygen atoms in total. The van der Waals surface area contributed by atoms with Crippen LogP contribution in [0.15, 0.2) is 24.3 Å². The number of hydrogen-bond donors (Lipinski definition) is 0. The van der Waals surface area contributed by atoms with Crippen molar-refractivity contribution in [1.82, 2.24) is 4.90 Å². The van der Waals surface area contributed by atoms with E-state index in [0.717, 1.165) is 17.1 Å². The van der Waals surface area contributed by atoms with Crippen molar-refractivity contribution in [2.75, 3.05) is 19.8 Å². The first-order chi connectivity index (χ1) is 10.5. The Morgan fingerprint density at radius 3 is 2.14 bits per heavy atom. The highest BCUT2D eigenvalue weighted by molar-refractivity contribution is 6.21. The number of nitrogens with zero attached hydrogens (tertiary/aromatic N) is 1. The van der Waals surface area contributed by atoms with Gasteiger partial charge in [-0.05, 0) is 12.2 Å². The zero-order valence-electron chi connectivity index (χ0n) is 11.5. The van der Waals surface area contributed by atoms with Crippen molar-refractivity contribution >= 4 is 29.4 Å². The molecule has 0 fully saturated rings. The molecule has 116 valence electrons. The summed E-state index contributed by atoms with van der Waals surface area (Å²) >= 11 is 0. The first-order valence-corrected chi connectivity index (χ1v) is 6.55. The number of hydrogen-bond acceptors (Lipinski definition) is 7. The molecule has 2 rings (SSSR count). The lowest BCUT2D eigenvalue weighted by Crippen LogP contribution is -2.33. The highest BCUT2D eigenvalue weighted by Gasteiger charge is 2.31. The van der Waals surface area contributed by atoms with Crippen LogP contribution < -0.4 is 0 Å². The van der Waals surface area contributed by atoms with Crippen LogP contribution >= 0.6 is 0 Å². The molecule has 0 saturated heterocycles. The summed E-state index contributed by atoms with van der Waals surface area (Å²) in [5.74, 6) is -2.65. The van der Waals surface area contributed by atoms with Gasteiger partial charge >= 0.3 is 5.97 Å². The summed E-state index contributed by atoms with van der Waals surface area (Å²) in [6.45, 7) is 0.156. The number of ketones is 2. The molecular weight excluding hydrogens is 294 g/mol. The van der Waals surface area contributed by atoms with Gasteiger partial charge in [0.05, 0.1) is 26.2 Å². The van der Waals surface area contributed by atoms with E-state index in [1.807, 2.05) is 0 Å². The van der Waals surface area contributed by atoms with Crippen LogP contribution in [0.5, 0.6) is 0 Å². The maximum Gasteiger partial charge on any atom is 0.309 e. The molecule has 0 bridgehead atoms. The number of ether oxygens (including phenoxy) is 2. The van der Waals surface area contributed by atoms with Crippen molar-refractivity contribution in [3.8, 4) is 0 Å². The minimum Gasteiger partial charge on any atom is -0.445 e. The minimum absolute atomic E-state index is 0.00892. The lowest BCUT2D eigenvalue weighted by Gasteiger charge is -2.13. The van der Waals surface area contributed by atoms with Crippen molar-refractivity contribution in [3.05, 3.63) is 24.3 Å². The van der Waals surface area contributed by atoms with Gasteiger partial charge in [-0.3, -0.25) is 28.9 Å². The molecule has 1 heterocycles. The fourth-order valence-corrected chi connectivity index (χ4v) is 1.85. The van der Waals surface area contributed by atoms with E-state index in [4.69, 9.17) is 9.47 Å². The predicted molar refractivity (Wildman–Crippen MR) is 70.3 cm³/mol. The second-order valence-corrected chi connectivity index (χ2v) is 4.53. The van der Waals surface area contributed by atoms with Gasteiger partial charge in [-0.15, -0.1) is 0 Å². The fourth-order valence-electron chi connectivity index (χ4n) is 1.85. The third kappa shape index (κ3) is 3.73. The van der Waals surface area contributed by atoms with Crippen LogP contribution in [-0.2, 0) is 33.4 Å². The number of rotatable bonds is 7. The molecule has 0 atom stereocenters. The molecule has 0 saturated carbocycles. The Bertz CT molecular complexity index is 554. The summed E-state index contributed by atoms with van der Waals surface area (Å²) in [6.07, 6.45) is 2.95. The molecule has 0 unspecified atom stereocenters. The van der Waals surface area contributed by atoms with Gasteiger partial charge in [-0.25, -0.2) is 0 Å². The van der Waals surface area contributed by atoms with Crippen molar-refractivity contribution in [1.29, 1.82) is 0 Å². The Balaban J connectivity index is 1.60. The molecule has 0 N–H and O–H groups in total. The molecule has 1 aliphatic heterocycles. The van der Waals surface area contributed by atoms with Gasteiger partial charge in [-0.1, -0.05) is 0 Å². The summed E-state index contributed by atoms with van der Waals surface area (Å²) in [4.78, 5) is 57.4. The second-order valence-electron chi connectivity index (χ2n) is 4.53. The van der Waals surface area contributed by atoms with Gasteiger partial charge in [-0.2, -0.15) is 0 Å². The van der Waals surface area contributed by atoms with Crippen LogP contribution in [0.25, 0.3) is 0 Å². The molecule has 0 spiro atoms. The van der Waals surface area contributed by atoms with Crippen LogP contribution in [-0.4, -0.2) is 60.1 Å². The quantitative estimate of drug-likeness (QED) is 0.255. The van der Waals surface area contributed by atoms with Crippen LogP contribution in [0.3, 0.4) is 0 Å². The maximum absolute atomic E-state index is 11.5. The standard InChI is InChI=1S/C14H13NO7/c16-9-1-2-10(17)14(9)22-13(20)5-7-21-8-6-15-11(18)3-4-12(15)19/h1-4,14H,5-8H2. The van der Waals surface area contributed by atoms with Gasteiger partial charge < -0.3 is 9.47 Å². The van der Waals surface area contributed by atoms with E-state index in [-0.39, 0.29) is 26.2 Å². The molecule has 8 heteroatoms. The summed E-state index contributed by atoms with van der Waals surface area (Å²) in [7, 11) is 0. The van der Waals surface area contributed by atoms with E-state index in [9.17, 15) is 24.0 Å². The Morgan fingerprint density at radius 1 is 0.955 bits per heavy atom. The lowest BCUT2D eigenvalue weighted by atomic mass is 10.2. The minimum atomic E-state index is -1.38. The Hall–Kier alpha value is -2.61. The van der Waals surface area contributed by atoms with Gasteiger partial charge in [0.25, 0.3) is 11.8 Å². The third-order valence-electron chi connectivity index (χ3n) is 2.99. The van der Waals surface area contributed by atoms with E-state index in [0.29, 0.717) is 0 Å². The van der Waals surface area contributed by atoms with Gasteiger partial charge in [0, 0.05) is 12.2 Å². The second kappa shape index (κ2) is 6.90. The number of carbonyl (C=O) groups excluding carboxylic acids is 5. The van der Waals surface area contributed by atoms with E-state index in [1.54, 1.807) is 0 Å². The lowest BCUT2D eigenvalue weighted by molar-refractivity contribution is -0.157. The van der Waals surface area contributed by atoms with Gasteiger partial charge in [0.1, 0.15) is 0 Å². The molecular formula is C14H13NO7. The van der Waals surface area contributed by atoms with Crippen LogP contribution in [0.4, 0.5) is 0 Å². The zero-order chi connectivity index (χ0) is 16.1. The normalized spacial score (nSPS) is 17.9. The molecule has 0 aromatic heterocycles. The van der Waals surface area contributed by atoms with Crippen molar-refractivity contribution in [2.45, 2.75) is 12.5 Å². The Kier molecular flexibility index (Phi) is 4.95. The third-order valence-corrected chi connectivity index (χ3v) is 2.99. The number of amides is 2. The molecule has 0 aromatic carbocycles. The summed E-state index contributed by atoms with van der Waals surface area (Å²) in [5.41, 5.74) is 0. The number of esters is 1. The average molecular weight is 307 g/mol. The summed E-state index contributed by atoms with van der Waals surface area (Å²) in [6, 6.07) is 0. The van der Waals surface area contributed by atoms with Crippen molar-refractivity contribution < 1.29 is 33.4 Å². The largest absolute Gasteiger partial charge is 0.445 e. The predicted octanol–water partition coefficient (Wildman–Crippen LogP) is -1.06. The first kappa shape index (κ1) is 15.8. The molecule has 2 amide bonds. The topological polar surface area (TPSA) is 107 Å². The highest BCUT2D eigenvalue weighted by atomic mass is 16.6. The van der Waals surface area contributed by atoms with Crippen molar-refractivity contribution in [3.63, 3.8) is 0 Å². The summed E-state index contributed by atoms with van der Waals surface area (Å²) in [5, 5.41) is 0. The first-order valence-electron chi connectivity index (χ1n) is 6.55. The molecule has 22 heavy (non-hydrogen) atoms. The average Bonchev–Trinajstić information content (AvgIpc) is 2.96. The van der Waals surface area contributed by atoms with Gasteiger partial charge in [0.2, 0.25) is 17.7 Å². The molecule has 1 aliphatic carbocycles. The molecule has 0 aromatic rings. The summed E-state index contributed by atoms with van der Waals surface area (Å²) < 4.78 is 9.86.